The third-order valence-corrected chi connectivity index (χ3v) is 11.9. The van der Waals surface area contributed by atoms with Gasteiger partial charge in [-0.2, -0.15) is 10.5 Å². The normalized spacial score (nSPS) is 14.3. The van der Waals surface area contributed by atoms with E-state index in [0.717, 1.165) is 58.7 Å². The second kappa shape index (κ2) is 21.5. The first-order valence-corrected chi connectivity index (χ1v) is 22.7. The zero-order valence-electron chi connectivity index (χ0n) is 38.9. The minimum absolute atomic E-state index is 0.0150. The van der Waals surface area contributed by atoms with Crippen molar-refractivity contribution in [2.24, 2.45) is 0 Å². The van der Waals surface area contributed by atoms with E-state index in [4.69, 9.17) is 9.47 Å². The van der Waals surface area contributed by atoms with Crippen molar-refractivity contribution < 1.29 is 19.1 Å². The van der Waals surface area contributed by atoms with Crippen molar-refractivity contribution >= 4 is 23.2 Å². The molecule has 2 aliphatic heterocycles. The molecule has 344 valence electrons. The standard InChI is InChI=1S/C30H29N5O2.C24H25N5O2/c1-21-7-9-25(22(2)11-21)17-35-26-5-4-6-28(13-26)37-29-12-23(8-10-24(29)14-31)16-34-20-32-15-27(34)18-33(3)19-30(35)36;1-2-3-9-28-15-21-13-26-17-29(21)14-18-7-8-19(12-25)23(10-18)31-22-6-4-5-20(11-22)27-24(30)16-28/h4-13,15,20H,16-19H2,1-3H3;4-8,10-11,13,17H,2-3,9,14-16H2,1H3,(H,27,30). The molecule has 0 spiro atoms. The number of carbonyl (C=O) groups excluding carboxylic acids is 2. The third kappa shape index (κ3) is 11.7. The van der Waals surface area contributed by atoms with Gasteiger partial charge in [0.2, 0.25) is 11.8 Å². The molecule has 5 aromatic carbocycles. The number of rotatable bonds is 5. The molecule has 0 atom stereocenters. The van der Waals surface area contributed by atoms with Crippen LogP contribution >= 0.6 is 0 Å². The summed E-state index contributed by atoms with van der Waals surface area (Å²) in [5, 5.41) is 22.1. The van der Waals surface area contributed by atoms with E-state index in [1.807, 2.05) is 91.1 Å². The fourth-order valence-corrected chi connectivity index (χ4v) is 8.32. The van der Waals surface area contributed by atoms with Crippen LogP contribution in [0, 0.1) is 36.5 Å². The van der Waals surface area contributed by atoms with Gasteiger partial charge in [-0.1, -0.05) is 61.4 Å². The van der Waals surface area contributed by atoms with Gasteiger partial charge >= 0.3 is 0 Å². The molecule has 8 bridgehead atoms. The zero-order valence-corrected chi connectivity index (χ0v) is 38.9. The maximum atomic E-state index is 13.7. The van der Waals surface area contributed by atoms with Gasteiger partial charge in [0.15, 0.2) is 0 Å². The average Bonchev–Trinajstić information content (AvgIpc) is 3.95. The van der Waals surface area contributed by atoms with Crippen molar-refractivity contribution in [1.82, 2.24) is 28.9 Å². The predicted octanol–water partition coefficient (Wildman–Crippen LogP) is 9.34. The smallest absolute Gasteiger partial charge is 0.241 e. The molecule has 0 fully saturated rings. The molecular weight excluding hydrogens is 853 g/mol. The van der Waals surface area contributed by atoms with E-state index in [2.05, 4.69) is 80.4 Å². The van der Waals surface area contributed by atoms with E-state index in [0.29, 0.717) is 79.1 Å². The largest absolute Gasteiger partial charge is 0.456 e. The number of nitriles is 2. The molecule has 7 aromatic rings. The Morgan fingerprint density at radius 3 is 1.96 bits per heavy atom. The molecule has 0 aliphatic carbocycles. The van der Waals surface area contributed by atoms with Crippen LogP contribution in [0.3, 0.4) is 0 Å². The first-order valence-electron chi connectivity index (χ1n) is 22.7. The molecule has 0 saturated heterocycles. The molecule has 4 heterocycles. The van der Waals surface area contributed by atoms with Gasteiger partial charge in [0.1, 0.15) is 35.1 Å². The number of nitrogens with one attached hydrogen (secondary N) is 1. The quantitative estimate of drug-likeness (QED) is 0.177. The van der Waals surface area contributed by atoms with E-state index >= 15 is 0 Å². The van der Waals surface area contributed by atoms with Gasteiger partial charge in [-0.25, -0.2) is 9.97 Å². The van der Waals surface area contributed by atoms with Crippen molar-refractivity contribution in [2.45, 2.75) is 66.3 Å². The van der Waals surface area contributed by atoms with Crippen molar-refractivity contribution in [3.8, 4) is 35.1 Å². The van der Waals surface area contributed by atoms with Crippen LogP contribution < -0.4 is 19.7 Å². The van der Waals surface area contributed by atoms with Gasteiger partial charge in [-0.15, -0.1) is 0 Å². The Bertz CT molecular complexity index is 3010. The van der Waals surface area contributed by atoms with Crippen LogP contribution in [0.1, 0.15) is 70.1 Å². The topological polar surface area (TPSA) is 158 Å². The summed E-state index contributed by atoms with van der Waals surface area (Å²) in [5.41, 5.74) is 9.76. The number of aryl methyl sites for hydroxylation is 2. The number of carbonyl (C=O) groups is 2. The molecular formula is C54H54N10O4. The summed E-state index contributed by atoms with van der Waals surface area (Å²) in [4.78, 5) is 41.1. The Morgan fingerprint density at radius 2 is 1.32 bits per heavy atom. The lowest BCUT2D eigenvalue weighted by molar-refractivity contribution is -0.120. The van der Waals surface area contributed by atoms with Gasteiger partial charge in [0, 0.05) is 62.1 Å². The van der Waals surface area contributed by atoms with Gasteiger partial charge in [0.05, 0.1) is 54.8 Å². The SMILES string of the molecule is CCCCN1CC(=O)Nc2cccc(c2)Oc2cc(ccc2C#N)Cn2cncc2C1.Cc1ccc(CN2C(=O)CN(C)Cc3cncn3Cc3ccc(C#N)c(c3)Oc3cccc2c3)c(C)c1. The van der Waals surface area contributed by atoms with Crippen LogP contribution in [0.5, 0.6) is 23.0 Å². The summed E-state index contributed by atoms with van der Waals surface area (Å²) in [6, 6.07) is 36.7. The summed E-state index contributed by atoms with van der Waals surface area (Å²) in [7, 11) is 1.95. The Morgan fingerprint density at radius 1 is 0.691 bits per heavy atom. The van der Waals surface area contributed by atoms with Crippen LogP contribution in [0.4, 0.5) is 11.4 Å². The lowest BCUT2D eigenvalue weighted by Crippen LogP contribution is -2.39. The monoisotopic (exact) mass is 906 g/mol. The van der Waals surface area contributed by atoms with Crippen LogP contribution in [-0.4, -0.2) is 67.4 Å². The molecule has 9 rings (SSSR count). The van der Waals surface area contributed by atoms with E-state index in [-0.39, 0.29) is 18.4 Å². The predicted molar refractivity (Wildman–Crippen MR) is 260 cm³/mol. The summed E-state index contributed by atoms with van der Waals surface area (Å²) in [6.07, 6.45) is 9.34. The van der Waals surface area contributed by atoms with E-state index < -0.39 is 0 Å². The summed E-state index contributed by atoms with van der Waals surface area (Å²) in [6.45, 7) is 10.5. The fourth-order valence-electron chi connectivity index (χ4n) is 8.32. The summed E-state index contributed by atoms with van der Waals surface area (Å²) in [5.74, 6) is 2.01. The van der Waals surface area contributed by atoms with Crippen LogP contribution in [-0.2, 0) is 42.3 Å². The number of ether oxygens (including phenoxy) is 2. The highest BCUT2D eigenvalue weighted by atomic mass is 16.5. The number of likely N-dealkylation sites (N-methyl/N-ethyl adjacent to an activating group) is 1. The first kappa shape index (κ1) is 46.5. The highest BCUT2D eigenvalue weighted by Crippen LogP contribution is 2.32. The molecule has 68 heavy (non-hydrogen) atoms. The Labute approximate surface area is 397 Å². The maximum Gasteiger partial charge on any atom is 0.241 e. The van der Waals surface area contributed by atoms with E-state index in [9.17, 15) is 20.1 Å². The molecule has 14 nitrogen and oxygen atoms in total. The number of hydrogen-bond acceptors (Lipinski definition) is 10. The van der Waals surface area contributed by atoms with E-state index in [1.54, 1.807) is 35.8 Å². The maximum absolute atomic E-state index is 13.7. The molecule has 0 radical (unpaired) electrons. The number of benzene rings is 5. The number of hydrogen-bond donors (Lipinski definition) is 1. The minimum Gasteiger partial charge on any atom is -0.456 e. The molecule has 2 amide bonds. The Hall–Kier alpha value is -8.04. The molecule has 0 saturated carbocycles. The van der Waals surface area contributed by atoms with Crippen LogP contribution in [0.2, 0.25) is 0 Å². The van der Waals surface area contributed by atoms with Gasteiger partial charge in [-0.3, -0.25) is 19.4 Å². The van der Waals surface area contributed by atoms with Gasteiger partial charge in [-0.05, 0) is 105 Å². The molecule has 1 N–H and O–H groups in total. The number of anilines is 2. The summed E-state index contributed by atoms with van der Waals surface area (Å²) >= 11 is 0. The number of nitrogens with zero attached hydrogens (tertiary/aromatic N) is 9. The molecule has 2 aromatic heterocycles. The first-order chi connectivity index (χ1) is 33.0. The highest BCUT2D eigenvalue weighted by Gasteiger charge is 2.22. The van der Waals surface area contributed by atoms with E-state index in [1.165, 1.54) is 5.56 Å². The number of fused-ring (bicyclic) bond motifs is 10. The Kier molecular flexibility index (Phi) is 14.7. The molecule has 14 heteroatoms. The molecule has 0 unspecified atom stereocenters. The number of amides is 2. The van der Waals surface area contributed by atoms with Crippen molar-refractivity contribution in [2.75, 3.05) is 36.9 Å². The van der Waals surface area contributed by atoms with Crippen LogP contribution in [0.15, 0.2) is 128 Å². The van der Waals surface area contributed by atoms with Crippen molar-refractivity contribution in [1.29, 1.82) is 10.5 Å². The van der Waals surface area contributed by atoms with Gasteiger partial charge < -0.3 is 28.8 Å². The number of imidazole rings is 2. The highest BCUT2D eigenvalue weighted by molar-refractivity contribution is 5.95. The fraction of sp³-hybridized carbons (Fsp3) is 0.259. The second-order valence-electron chi connectivity index (χ2n) is 17.3. The zero-order chi connectivity index (χ0) is 47.6. The van der Waals surface area contributed by atoms with Gasteiger partial charge in [0.25, 0.3) is 0 Å². The van der Waals surface area contributed by atoms with Crippen molar-refractivity contribution in [3.05, 3.63) is 179 Å². The lowest BCUT2D eigenvalue weighted by Gasteiger charge is -2.27. The lowest BCUT2D eigenvalue weighted by atomic mass is 10.0. The van der Waals surface area contributed by atoms with Crippen molar-refractivity contribution in [3.63, 3.8) is 0 Å². The summed E-state index contributed by atoms with van der Waals surface area (Å²) < 4.78 is 16.4. The second-order valence-corrected chi connectivity index (χ2v) is 17.3. The Balaban J connectivity index is 0.000000187. The number of unbranched alkanes of at least 4 members (excludes halogenated alkanes) is 1. The minimum atomic E-state index is -0.0764. The number of aromatic nitrogens is 4. The third-order valence-electron chi connectivity index (χ3n) is 11.9. The van der Waals surface area contributed by atoms with Crippen LogP contribution in [0.25, 0.3) is 0 Å². The molecule has 2 aliphatic rings. The average molecular weight is 907 g/mol.